The summed E-state index contributed by atoms with van der Waals surface area (Å²) in [5.41, 5.74) is 0. The molecule has 256 valence electrons. The van der Waals surface area contributed by atoms with Gasteiger partial charge in [0.25, 0.3) is 0 Å². The molecule has 0 atom stereocenters. The zero-order valence-corrected chi connectivity index (χ0v) is 29.8. The molecule has 5 nitrogen and oxygen atoms in total. The molecule has 0 aliphatic rings. The first-order valence-electron chi connectivity index (χ1n) is 18.7. The quantitative estimate of drug-likeness (QED) is 0.0538. The predicted molar refractivity (Wildman–Crippen MR) is 186 cm³/mol. The monoisotopic (exact) mass is 620 g/mol. The summed E-state index contributed by atoms with van der Waals surface area (Å²) < 4.78 is 22.4. The highest BCUT2D eigenvalue weighted by Crippen LogP contribution is 2.43. The molecular weight excluding hydrogens is 541 g/mol. The molecule has 0 spiro atoms. The fourth-order valence-electron chi connectivity index (χ4n) is 5.70. The molecule has 0 aromatic carbocycles. The summed E-state index contributed by atoms with van der Waals surface area (Å²) in [5.74, 6) is 0. The van der Waals surface area contributed by atoms with Crippen LogP contribution in [0.2, 0.25) is 0 Å². The van der Waals surface area contributed by atoms with E-state index in [4.69, 9.17) is 9.05 Å². The van der Waals surface area contributed by atoms with Crippen LogP contribution in [-0.2, 0) is 13.6 Å². The van der Waals surface area contributed by atoms with Crippen molar-refractivity contribution in [2.24, 2.45) is 0 Å². The highest BCUT2D eigenvalue weighted by molar-refractivity contribution is 7.47. The van der Waals surface area contributed by atoms with Gasteiger partial charge in [-0.3, -0.25) is 9.05 Å². The van der Waals surface area contributed by atoms with Crippen LogP contribution < -0.4 is 6.15 Å². The van der Waals surface area contributed by atoms with Crippen LogP contribution in [0, 0.1) is 0 Å². The Bertz CT molecular complexity index is 493. The van der Waals surface area contributed by atoms with Gasteiger partial charge in [0.2, 0.25) is 0 Å². The second-order valence-corrected chi connectivity index (χ2v) is 14.2. The second-order valence-electron chi connectivity index (χ2n) is 12.7. The van der Waals surface area contributed by atoms with Crippen LogP contribution in [0.25, 0.3) is 0 Å². The minimum atomic E-state index is -3.87. The van der Waals surface area contributed by atoms with Gasteiger partial charge in [-0.2, -0.15) is 0 Å². The summed E-state index contributed by atoms with van der Waals surface area (Å²) in [6.45, 7) is 5.21. The smallest absolute Gasteiger partial charge is 0.344 e. The Hall–Kier alpha value is 0.0700. The van der Waals surface area contributed by atoms with Gasteiger partial charge in [0.05, 0.1) is 13.2 Å². The molecular formula is C36H78NO4P. The third-order valence-corrected chi connectivity index (χ3v) is 9.52. The molecule has 0 aromatic rings. The van der Waals surface area contributed by atoms with Crippen molar-refractivity contribution in [3.8, 4) is 0 Å². The largest absolute Gasteiger partial charge is 0.472 e. The van der Waals surface area contributed by atoms with Gasteiger partial charge in [0.15, 0.2) is 0 Å². The van der Waals surface area contributed by atoms with Crippen molar-refractivity contribution in [1.82, 2.24) is 6.15 Å². The van der Waals surface area contributed by atoms with Crippen molar-refractivity contribution in [3.05, 3.63) is 0 Å². The molecule has 0 aliphatic heterocycles. The van der Waals surface area contributed by atoms with Crippen LogP contribution >= 0.6 is 7.82 Å². The molecule has 0 aromatic heterocycles. The van der Waals surface area contributed by atoms with Crippen molar-refractivity contribution in [2.45, 2.75) is 219 Å². The van der Waals surface area contributed by atoms with Crippen molar-refractivity contribution in [1.29, 1.82) is 0 Å². The highest BCUT2D eigenvalue weighted by Gasteiger charge is 2.19. The van der Waals surface area contributed by atoms with Crippen LogP contribution in [-0.4, -0.2) is 18.1 Å². The average Bonchev–Trinajstić information content (AvgIpc) is 2.96. The molecule has 0 bridgehead atoms. The number of rotatable bonds is 36. The van der Waals surface area contributed by atoms with E-state index in [0.29, 0.717) is 13.2 Å². The van der Waals surface area contributed by atoms with E-state index in [1.807, 2.05) is 0 Å². The molecule has 0 saturated carbocycles. The Morgan fingerprint density at radius 2 is 0.524 bits per heavy atom. The molecule has 0 heterocycles. The molecule has 0 fully saturated rings. The van der Waals surface area contributed by atoms with Crippen molar-refractivity contribution < 1.29 is 18.5 Å². The topological polar surface area (TPSA) is 90.8 Å². The van der Waals surface area contributed by atoms with E-state index in [1.54, 1.807) is 0 Å². The number of unbranched alkanes of at least 4 members (excludes halogenated alkanes) is 30. The van der Waals surface area contributed by atoms with E-state index in [0.717, 1.165) is 25.7 Å². The zero-order chi connectivity index (χ0) is 30.0. The Balaban J connectivity index is 0. The first-order chi connectivity index (χ1) is 20.1. The summed E-state index contributed by atoms with van der Waals surface area (Å²) in [6.07, 6.45) is 42.2. The van der Waals surface area contributed by atoms with Gasteiger partial charge in [-0.15, -0.1) is 0 Å². The standard InChI is InChI=1S/C36H75O4P.H3N/c1-3-5-7-9-11-13-15-17-19-21-23-25-27-29-31-33-35-39-41(37,38)40-36-34-32-30-28-26-24-22-20-18-16-14-12-10-8-6-4-2;/h3-36H2,1-2H3,(H,37,38);1H3. The predicted octanol–water partition coefficient (Wildman–Crippen LogP) is 13.8. The lowest BCUT2D eigenvalue weighted by molar-refractivity contribution is 0.145. The van der Waals surface area contributed by atoms with E-state index in [2.05, 4.69) is 13.8 Å². The van der Waals surface area contributed by atoms with Crippen LogP contribution in [0.5, 0.6) is 0 Å². The Labute approximate surface area is 264 Å². The second kappa shape index (κ2) is 37.3. The third kappa shape index (κ3) is 38.1. The molecule has 0 saturated heterocycles. The minimum Gasteiger partial charge on any atom is -0.344 e. The van der Waals surface area contributed by atoms with E-state index in [1.165, 1.54) is 180 Å². The van der Waals surface area contributed by atoms with Gasteiger partial charge >= 0.3 is 7.82 Å². The normalized spacial score (nSPS) is 11.7. The number of phosphoric acid groups is 1. The van der Waals surface area contributed by atoms with Crippen LogP contribution in [0.1, 0.15) is 219 Å². The maximum absolute atomic E-state index is 12.0. The fourth-order valence-corrected chi connectivity index (χ4v) is 6.49. The van der Waals surface area contributed by atoms with E-state index in [9.17, 15) is 9.46 Å². The number of hydrogen-bond acceptors (Lipinski definition) is 4. The highest BCUT2D eigenvalue weighted by atomic mass is 31.2. The molecule has 0 rings (SSSR count). The van der Waals surface area contributed by atoms with Crippen LogP contribution in [0.15, 0.2) is 0 Å². The van der Waals surface area contributed by atoms with Gasteiger partial charge in [0.1, 0.15) is 0 Å². The van der Waals surface area contributed by atoms with Gasteiger partial charge in [-0.05, 0) is 12.8 Å². The number of phosphoric ester groups is 1. The first-order valence-corrected chi connectivity index (χ1v) is 20.2. The summed E-state index contributed by atoms with van der Waals surface area (Å²) in [6, 6.07) is 0. The minimum absolute atomic E-state index is 0. The zero-order valence-electron chi connectivity index (χ0n) is 28.9. The van der Waals surface area contributed by atoms with Crippen molar-refractivity contribution in [3.63, 3.8) is 0 Å². The maximum Gasteiger partial charge on any atom is 0.472 e. The van der Waals surface area contributed by atoms with Gasteiger partial charge < -0.3 is 11.0 Å². The Morgan fingerprint density at radius 3 is 0.714 bits per heavy atom. The van der Waals surface area contributed by atoms with E-state index < -0.39 is 7.82 Å². The summed E-state index contributed by atoms with van der Waals surface area (Å²) in [4.78, 5) is 9.88. The molecule has 0 radical (unpaired) electrons. The average molecular weight is 620 g/mol. The SMILES string of the molecule is CCCCCCCCCCCCCCCCCCOP(=O)(O)OCCCCCCCCCCCCCCCCCC.N. The summed E-state index contributed by atoms with van der Waals surface area (Å²) >= 11 is 0. The van der Waals surface area contributed by atoms with E-state index in [-0.39, 0.29) is 6.15 Å². The Morgan fingerprint density at radius 1 is 0.357 bits per heavy atom. The lowest BCUT2D eigenvalue weighted by Crippen LogP contribution is -1.99. The van der Waals surface area contributed by atoms with E-state index >= 15 is 0 Å². The third-order valence-electron chi connectivity index (χ3n) is 8.50. The number of hydrogen-bond donors (Lipinski definition) is 2. The molecule has 42 heavy (non-hydrogen) atoms. The van der Waals surface area contributed by atoms with Gasteiger partial charge in [-0.25, -0.2) is 4.57 Å². The summed E-state index contributed by atoms with van der Waals surface area (Å²) in [5, 5.41) is 0. The molecule has 0 amide bonds. The lowest BCUT2D eigenvalue weighted by atomic mass is 10.0. The molecule has 6 heteroatoms. The molecule has 0 unspecified atom stereocenters. The Kier molecular flexibility index (Phi) is 39.2. The van der Waals surface area contributed by atoms with Crippen molar-refractivity contribution in [2.75, 3.05) is 13.2 Å². The molecule has 4 N–H and O–H groups in total. The molecule has 0 aliphatic carbocycles. The maximum atomic E-state index is 12.0. The van der Waals surface area contributed by atoms with Crippen LogP contribution in [0.4, 0.5) is 0 Å². The van der Waals surface area contributed by atoms with Crippen LogP contribution in [0.3, 0.4) is 0 Å². The summed E-state index contributed by atoms with van der Waals surface area (Å²) in [7, 11) is -3.87. The first kappa shape index (κ1) is 44.2. The van der Waals surface area contributed by atoms with Gasteiger partial charge in [0, 0.05) is 0 Å². The fraction of sp³-hybridized carbons (Fsp3) is 1.00. The lowest BCUT2D eigenvalue weighted by Gasteiger charge is -2.12. The van der Waals surface area contributed by atoms with Crippen molar-refractivity contribution >= 4 is 7.82 Å². The van der Waals surface area contributed by atoms with Gasteiger partial charge in [-0.1, -0.05) is 206 Å².